The lowest BCUT2D eigenvalue weighted by Gasteiger charge is -2.31. The quantitative estimate of drug-likeness (QED) is 0.527. The minimum absolute atomic E-state index is 0.0523. The number of hydrogen-bond acceptors (Lipinski definition) is 6. The summed E-state index contributed by atoms with van der Waals surface area (Å²) >= 11 is 0. The molecule has 8 nitrogen and oxygen atoms in total. The van der Waals surface area contributed by atoms with E-state index >= 15 is 0 Å². The number of benzene rings is 2. The second-order valence-corrected chi connectivity index (χ2v) is 8.68. The molecule has 4 unspecified atom stereocenters. The van der Waals surface area contributed by atoms with Crippen LogP contribution in [0.2, 0.25) is 0 Å². The molecule has 3 N–H and O–H groups in total. The summed E-state index contributed by atoms with van der Waals surface area (Å²) in [5.41, 5.74) is -0.327. The first-order valence-corrected chi connectivity index (χ1v) is 11.1. The smallest absolute Gasteiger partial charge is 0.325 e. The number of aromatic hydroxyl groups is 1. The minimum Gasteiger partial charge on any atom is -0.504 e. The van der Waals surface area contributed by atoms with Crippen LogP contribution >= 0.6 is 0 Å². The van der Waals surface area contributed by atoms with Gasteiger partial charge in [0.25, 0.3) is 0 Å². The van der Waals surface area contributed by atoms with Gasteiger partial charge in [0.2, 0.25) is 11.8 Å². The lowest BCUT2D eigenvalue weighted by Crippen LogP contribution is -2.57. The molecule has 2 aromatic carbocycles. The fourth-order valence-corrected chi connectivity index (χ4v) is 5.13. The average molecular weight is 453 g/mol. The molecule has 2 aliphatic heterocycles. The lowest BCUT2D eigenvalue weighted by molar-refractivity contribution is -0.151. The summed E-state index contributed by atoms with van der Waals surface area (Å²) in [4.78, 5) is 41.0. The van der Waals surface area contributed by atoms with Gasteiger partial charge in [-0.3, -0.25) is 24.6 Å². The zero-order chi connectivity index (χ0) is 23.8. The van der Waals surface area contributed by atoms with Crippen molar-refractivity contribution in [3.63, 3.8) is 0 Å². The molecular weight excluding hydrogens is 424 g/mol. The molecule has 2 aliphatic rings. The summed E-state index contributed by atoms with van der Waals surface area (Å²) in [5.74, 6) is -3.76. The van der Waals surface area contributed by atoms with Crippen LogP contribution in [0.5, 0.6) is 11.5 Å². The molecule has 4 atom stereocenters. The number of ether oxygens (including phenoxy) is 1. The fourth-order valence-electron chi connectivity index (χ4n) is 5.13. The molecule has 0 saturated carbocycles. The number of phenolic OH excluding ortho intramolecular Hbond substituents is 1. The molecule has 0 spiro atoms. The third kappa shape index (κ3) is 3.74. The summed E-state index contributed by atoms with van der Waals surface area (Å²) in [6.07, 6.45) is 1.51. The second-order valence-electron chi connectivity index (χ2n) is 8.68. The number of carbonyl (C=O) groups is 3. The van der Waals surface area contributed by atoms with E-state index in [4.69, 9.17) is 4.74 Å². The Bertz CT molecular complexity index is 1070. The van der Waals surface area contributed by atoms with Crippen LogP contribution in [0.15, 0.2) is 48.5 Å². The predicted molar refractivity (Wildman–Crippen MR) is 120 cm³/mol. The minimum atomic E-state index is -1.66. The average Bonchev–Trinajstić information content (AvgIpc) is 3.28. The number of nitrogens with one attached hydrogen (secondary N) is 1. The standard InChI is InChI=1S/C25H28N2O6/c1-3-4-12-27-22(29)19-20(23(27)30)25(24(31)32,14-15-8-6-5-7-9-15)26-21(19)16-10-11-17(28)18(13-16)33-2/h5-11,13,19-21,26,28H,3-4,12,14H2,1-2H3,(H,31,32). The SMILES string of the molecule is CCCCN1C(=O)C2C(c3ccc(O)c(OC)c3)NC(Cc3ccccc3)(C(=O)O)C2C1=O. The van der Waals surface area contributed by atoms with Crippen LogP contribution in [0.4, 0.5) is 0 Å². The molecule has 0 radical (unpaired) electrons. The molecule has 0 aliphatic carbocycles. The second kappa shape index (κ2) is 8.86. The van der Waals surface area contributed by atoms with E-state index < -0.39 is 35.3 Å². The van der Waals surface area contributed by atoms with Crippen molar-refractivity contribution in [1.82, 2.24) is 10.2 Å². The first kappa shape index (κ1) is 22.8. The van der Waals surface area contributed by atoms with Gasteiger partial charge in [0.1, 0.15) is 5.54 Å². The van der Waals surface area contributed by atoms with E-state index in [9.17, 15) is 24.6 Å². The van der Waals surface area contributed by atoms with Crippen LogP contribution in [0.3, 0.4) is 0 Å². The summed E-state index contributed by atoms with van der Waals surface area (Å²) < 4.78 is 5.22. The lowest BCUT2D eigenvalue weighted by atomic mass is 9.76. The van der Waals surface area contributed by atoms with Crippen LogP contribution in [0.25, 0.3) is 0 Å². The van der Waals surface area contributed by atoms with E-state index in [2.05, 4.69) is 5.32 Å². The van der Waals surface area contributed by atoms with Crippen LogP contribution < -0.4 is 10.1 Å². The number of unbranched alkanes of at least 4 members (excludes halogenated alkanes) is 1. The van der Waals surface area contributed by atoms with Gasteiger partial charge < -0.3 is 14.9 Å². The topological polar surface area (TPSA) is 116 Å². The summed E-state index contributed by atoms with van der Waals surface area (Å²) in [5, 5.41) is 23.6. The predicted octanol–water partition coefficient (Wildman–Crippen LogP) is 2.51. The number of carboxylic acid groups (broad SMARTS) is 1. The molecule has 4 rings (SSSR count). The first-order chi connectivity index (χ1) is 15.8. The van der Waals surface area contributed by atoms with Crippen molar-refractivity contribution in [3.8, 4) is 11.5 Å². The van der Waals surface area contributed by atoms with Crippen molar-refractivity contribution in [1.29, 1.82) is 0 Å². The summed E-state index contributed by atoms with van der Waals surface area (Å²) in [6, 6.07) is 13.0. The van der Waals surface area contributed by atoms with Crippen molar-refractivity contribution in [2.24, 2.45) is 11.8 Å². The third-order valence-corrected chi connectivity index (χ3v) is 6.75. The van der Waals surface area contributed by atoms with Gasteiger partial charge in [-0.15, -0.1) is 0 Å². The maximum atomic E-state index is 13.5. The van der Waals surface area contributed by atoms with Gasteiger partial charge in [0.15, 0.2) is 11.5 Å². The number of carbonyl (C=O) groups excluding carboxylic acids is 2. The van der Waals surface area contributed by atoms with E-state index in [0.717, 1.165) is 12.0 Å². The highest BCUT2D eigenvalue weighted by Gasteiger charge is 2.68. The fraction of sp³-hybridized carbons (Fsp3) is 0.400. The zero-order valence-corrected chi connectivity index (χ0v) is 18.7. The molecule has 0 aromatic heterocycles. The Morgan fingerprint density at radius 1 is 1.15 bits per heavy atom. The summed E-state index contributed by atoms with van der Waals surface area (Å²) in [7, 11) is 1.41. The van der Waals surface area contributed by atoms with E-state index in [1.165, 1.54) is 18.1 Å². The maximum Gasteiger partial charge on any atom is 0.325 e. The highest BCUT2D eigenvalue weighted by molar-refractivity contribution is 6.09. The molecule has 0 bridgehead atoms. The zero-order valence-electron chi connectivity index (χ0n) is 18.7. The van der Waals surface area contributed by atoms with E-state index in [1.807, 2.05) is 37.3 Å². The van der Waals surface area contributed by atoms with Crippen molar-refractivity contribution in [2.75, 3.05) is 13.7 Å². The van der Waals surface area contributed by atoms with E-state index in [0.29, 0.717) is 12.0 Å². The molecule has 2 saturated heterocycles. The van der Waals surface area contributed by atoms with Crippen molar-refractivity contribution in [2.45, 2.75) is 37.8 Å². The number of rotatable bonds is 8. The largest absolute Gasteiger partial charge is 0.504 e. The van der Waals surface area contributed by atoms with Gasteiger partial charge >= 0.3 is 5.97 Å². The van der Waals surface area contributed by atoms with E-state index in [1.54, 1.807) is 12.1 Å². The number of aliphatic carboxylic acids is 1. The molecule has 2 heterocycles. The van der Waals surface area contributed by atoms with Crippen LogP contribution in [-0.2, 0) is 20.8 Å². The molecular formula is C25H28N2O6. The number of methoxy groups -OCH3 is 1. The van der Waals surface area contributed by atoms with Crippen LogP contribution in [0.1, 0.15) is 36.9 Å². The Morgan fingerprint density at radius 3 is 2.52 bits per heavy atom. The number of imide groups is 1. The van der Waals surface area contributed by atoms with E-state index in [-0.39, 0.29) is 30.4 Å². The molecule has 33 heavy (non-hydrogen) atoms. The first-order valence-electron chi connectivity index (χ1n) is 11.1. The van der Waals surface area contributed by atoms with Gasteiger partial charge in [-0.2, -0.15) is 0 Å². The van der Waals surface area contributed by atoms with Gasteiger partial charge in [-0.05, 0) is 29.7 Å². The maximum absolute atomic E-state index is 13.5. The van der Waals surface area contributed by atoms with Crippen molar-refractivity contribution < 1.29 is 29.3 Å². The van der Waals surface area contributed by atoms with Crippen LogP contribution in [0, 0.1) is 11.8 Å². The monoisotopic (exact) mass is 452 g/mol. The van der Waals surface area contributed by atoms with Crippen LogP contribution in [-0.4, -0.2) is 52.1 Å². The van der Waals surface area contributed by atoms with Gasteiger partial charge in [0.05, 0.1) is 18.9 Å². The summed E-state index contributed by atoms with van der Waals surface area (Å²) in [6.45, 7) is 2.24. The molecule has 2 amide bonds. The molecule has 2 aromatic rings. The Balaban J connectivity index is 1.83. The molecule has 2 fully saturated rings. The molecule has 174 valence electrons. The normalized spacial score (nSPS) is 26.5. The number of hydrogen-bond donors (Lipinski definition) is 3. The van der Waals surface area contributed by atoms with Gasteiger partial charge in [0, 0.05) is 19.0 Å². The van der Waals surface area contributed by atoms with Crippen molar-refractivity contribution in [3.05, 3.63) is 59.7 Å². The highest BCUT2D eigenvalue weighted by atomic mass is 16.5. The number of likely N-dealkylation sites (tertiary alicyclic amines) is 1. The third-order valence-electron chi connectivity index (χ3n) is 6.75. The highest BCUT2D eigenvalue weighted by Crippen LogP contribution is 2.50. The Labute approximate surface area is 192 Å². The number of fused-ring (bicyclic) bond motifs is 1. The van der Waals surface area contributed by atoms with Gasteiger partial charge in [-0.25, -0.2) is 0 Å². The Morgan fingerprint density at radius 2 is 1.88 bits per heavy atom. The van der Waals surface area contributed by atoms with Crippen molar-refractivity contribution >= 4 is 17.8 Å². The number of amides is 2. The number of phenols is 1. The van der Waals surface area contributed by atoms with Gasteiger partial charge in [-0.1, -0.05) is 49.7 Å². The number of nitrogens with zero attached hydrogens (tertiary/aromatic N) is 1. The Kier molecular flexibility index (Phi) is 6.12. The molecule has 8 heteroatoms. The number of carboxylic acids is 1. The Hall–Kier alpha value is -3.39.